The Kier molecular flexibility index (Phi) is 9.91. The molecule has 322 valence electrons. The van der Waals surface area contributed by atoms with Gasteiger partial charge in [-0.1, -0.05) is 237 Å². The average molecular weight is 876 g/mol. The lowest BCUT2D eigenvalue weighted by molar-refractivity contribution is 1.32. The third kappa shape index (κ3) is 7.12. The van der Waals surface area contributed by atoms with E-state index >= 15 is 0 Å². The van der Waals surface area contributed by atoms with Crippen LogP contribution in [0.2, 0.25) is 0 Å². The predicted octanol–water partition coefficient (Wildman–Crippen LogP) is 19.2. The first-order valence-corrected chi connectivity index (χ1v) is 23.8. The highest BCUT2D eigenvalue weighted by molar-refractivity contribution is 6.25. The Hall–Kier alpha value is -9.04. The zero-order valence-corrected chi connectivity index (χ0v) is 37.9. The summed E-state index contributed by atoms with van der Waals surface area (Å²) in [5, 5.41) is 14.6. The molecule has 0 saturated carbocycles. The van der Waals surface area contributed by atoms with Gasteiger partial charge in [-0.25, -0.2) is 0 Å². The first-order chi connectivity index (χ1) is 34.2. The number of fused-ring (bicyclic) bond motifs is 6. The van der Waals surface area contributed by atoms with Crippen molar-refractivity contribution in [2.75, 3.05) is 4.90 Å². The summed E-state index contributed by atoms with van der Waals surface area (Å²) in [6.07, 6.45) is 4.37. The van der Waals surface area contributed by atoms with Crippen LogP contribution in [0.3, 0.4) is 0 Å². The number of rotatable bonds is 8. The maximum absolute atomic E-state index is 2.50. The van der Waals surface area contributed by atoms with Gasteiger partial charge in [-0.05, 0) is 135 Å². The summed E-state index contributed by atoms with van der Waals surface area (Å²) in [6, 6.07) is 95.8. The van der Waals surface area contributed by atoms with Crippen LogP contribution < -0.4 is 4.90 Å². The van der Waals surface area contributed by atoms with Gasteiger partial charge in [0.25, 0.3) is 0 Å². The lowest BCUT2D eigenvalue weighted by atomic mass is 9.84. The number of anilines is 3. The van der Waals surface area contributed by atoms with E-state index in [1.165, 1.54) is 109 Å². The summed E-state index contributed by atoms with van der Waals surface area (Å²) in [6.45, 7) is 0. The van der Waals surface area contributed by atoms with Crippen molar-refractivity contribution in [3.63, 3.8) is 0 Å². The van der Waals surface area contributed by atoms with Crippen LogP contribution in [0.15, 0.2) is 261 Å². The summed E-state index contributed by atoms with van der Waals surface area (Å²) in [5.74, 6) is 0. The number of benzene rings is 13. The Labute approximate surface area is 402 Å². The van der Waals surface area contributed by atoms with Crippen LogP contribution in [0.4, 0.5) is 17.1 Å². The third-order valence-corrected chi connectivity index (χ3v) is 14.0. The minimum absolute atomic E-state index is 1.09. The summed E-state index contributed by atoms with van der Waals surface area (Å²) in [7, 11) is 0. The SMILES string of the molecule is C(=Cc1ccc(-c2c3ccccc3c(N(c3ccccc3)c3ccc4c(-c5ccc6ccccc6c5)c5ccccc5c(-c5ccc6ccccc6c5)c4c3)c3ccccc23)cc1)c1ccccc1. The van der Waals surface area contributed by atoms with E-state index in [9.17, 15) is 0 Å². The topological polar surface area (TPSA) is 3.24 Å². The molecule has 13 aromatic rings. The molecular weight excluding hydrogens is 831 g/mol. The van der Waals surface area contributed by atoms with Crippen molar-refractivity contribution in [1.82, 2.24) is 0 Å². The normalized spacial score (nSPS) is 11.7. The molecule has 0 heterocycles. The van der Waals surface area contributed by atoms with Gasteiger partial charge in [0.05, 0.1) is 5.69 Å². The maximum atomic E-state index is 2.50. The van der Waals surface area contributed by atoms with Crippen molar-refractivity contribution in [1.29, 1.82) is 0 Å². The first kappa shape index (κ1) is 40.3. The number of hydrogen-bond donors (Lipinski definition) is 0. The van der Waals surface area contributed by atoms with E-state index in [4.69, 9.17) is 0 Å². The number of nitrogens with zero attached hydrogens (tertiary/aromatic N) is 1. The fourth-order valence-corrected chi connectivity index (χ4v) is 10.8. The van der Waals surface area contributed by atoms with Gasteiger partial charge < -0.3 is 4.90 Å². The first-order valence-electron chi connectivity index (χ1n) is 23.8. The van der Waals surface area contributed by atoms with Gasteiger partial charge in [0.2, 0.25) is 0 Å². The molecule has 0 N–H and O–H groups in total. The fourth-order valence-electron chi connectivity index (χ4n) is 10.8. The molecule has 0 saturated heterocycles. The Bertz CT molecular complexity index is 4050. The van der Waals surface area contributed by atoms with E-state index in [0.717, 1.165) is 17.1 Å². The van der Waals surface area contributed by atoms with Crippen molar-refractivity contribution in [3.05, 3.63) is 272 Å². The minimum atomic E-state index is 1.09. The minimum Gasteiger partial charge on any atom is -0.309 e. The lowest BCUT2D eigenvalue weighted by Gasteiger charge is -2.30. The predicted molar refractivity (Wildman–Crippen MR) is 298 cm³/mol. The van der Waals surface area contributed by atoms with E-state index in [0.29, 0.717) is 0 Å². The summed E-state index contributed by atoms with van der Waals surface area (Å²) in [5.41, 5.74) is 13.0. The third-order valence-electron chi connectivity index (χ3n) is 14.0. The molecule has 0 aliphatic carbocycles. The highest BCUT2D eigenvalue weighted by atomic mass is 15.1. The quantitative estimate of drug-likeness (QED) is 0.109. The smallest absolute Gasteiger partial charge is 0.0618 e. The molecule has 0 aromatic heterocycles. The Morgan fingerprint density at radius 2 is 0.623 bits per heavy atom. The molecule has 0 spiro atoms. The van der Waals surface area contributed by atoms with Crippen molar-refractivity contribution in [3.8, 4) is 33.4 Å². The van der Waals surface area contributed by atoms with E-state index in [-0.39, 0.29) is 0 Å². The molecule has 69 heavy (non-hydrogen) atoms. The molecule has 0 amide bonds. The largest absolute Gasteiger partial charge is 0.309 e. The Morgan fingerprint density at radius 1 is 0.232 bits per heavy atom. The van der Waals surface area contributed by atoms with E-state index < -0.39 is 0 Å². The van der Waals surface area contributed by atoms with Crippen LogP contribution in [-0.2, 0) is 0 Å². The summed E-state index contributed by atoms with van der Waals surface area (Å²) < 4.78 is 0. The van der Waals surface area contributed by atoms with Gasteiger partial charge in [-0.3, -0.25) is 0 Å². The van der Waals surface area contributed by atoms with E-state index in [2.05, 4.69) is 278 Å². The highest BCUT2D eigenvalue weighted by Crippen LogP contribution is 2.51. The van der Waals surface area contributed by atoms with Crippen molar-refractivity contribution < 1.29 is 0 Å². The summed E-state index contributed by atoms with van der Waals surface area (Å²) in [4.78, 5) is 2.50. The average Bonchev–Trinajstić information content (AvgIpc) is 3.42. The second kappa shape index (κ2) is 17.0. The van der Waals surface area contributed by atoms with Gasteiger partial charge in [-0.2, -0.15) is 0 Å². The molecule has 13 rings (SSSR count). The summed E-state index contributed by atoms with van der Waals surface area (Å²) >= 11 is 0. The standard InChI is InChI=1S/C68H45N/c1-3-17-46(18-4-1)31-32-47-33-35-50(36-34-47)65-59-27-13-15-29-62(59)68(63-30-16-14-28-60(63)65)69(55-23-5-2-6-24-55)56-41-42-61-64(45-56)67(54-40-38-49-20-8-10-22-52(49)44-54)58-26-12-11-25-57(58)66(61)53-39-37-48-19-7-9-21-51(48)43-53/h1-45H. The Morgan fingerprint density at radius 3 is 1.17 bits per heavy atom. The van der Waals surface area contributed by atoms with Gasteiger partial charge in [0, 0.05) is 22.1 Å². The highest BCUT2D eigenvalue weighted by Gasteiger charge is 2.24. The van der Waals surface area contributed by atoms with Crippen molar-refractivity contribution >= 4 is 93.8 Å². The van der Waals surface area contributed by atoms with E-state index in [1.54, 1.807) is 0 Å². The molecule has 0 radical (unpaired) electrons. The molecular formula is C68H45N. The molecule has 0 aliphatic heterocycles. The molecule has 0 unspecified atom stereocenters. The van der Waals surface area contributed by atoms with E-state index in [1.807, 2.05) is 0 Å². The molecule has 0 atom stereocenters. The van der Waals surface area contributed by atoms with Crippen LogP contribution >= 0.6 is 0 Å². The zero-order chi connectivity index (χ0) is 45.7. The van der Waals surface area contributed by atoms with Gasteiger partial charge in [0.15, 0.2) is 0 Å². The molecule has 13 aromatic carbocycles. The fraction of sp³-hybridized carbons (Fsp3) is 0. The van der Waals surface area contributed by atoms with Crippen LogP contribution in [0.25, 0.3) is 110 Å². The monoisotopic (exact) mass is 875 g/mol. The van der Waals surface area contributed by atoms with Crippen LogP contribution in [-0.4, -0.2) is 0 Å². The van der Waals surface area contributed by atoms with Gasteiger partial charge >= 0.3 is 0 Å². The second-order valence-electron chi connectivity index (χ2n) is 18.0. The van der Waals surface area contributed by atoms with Gasteiger partial charge in [-0.15, -0.1) is 0 Å². The lowest BCUT2D eigenvalue weighted by Crippen LogP contribution is -2.11. The maximum Gasteiger partial charge on any atom is 0.0618 e. The molecule has 1 heteroatoms. The van der Waals surface area contributed by atoms with Crippen LogP contribution in [0.5, 0.6) is 0 Å². The van der Waals surface area contributed by atoms with Crippen LogP contribution in [0.1, 0.15) is 11.1 Å². The van der Waals surface area contributed by atoms with Gasteiger partial charge in [0.1, 0.15) is 0 Å². The van der Waals surface area contributed by atoms with Crippen LogP contribution in [0, 0.1) is 0 Å². The number of para-hydroxylation sites is 1. The second-order valence-corrected chi connectivity index (χ2v) is 18.0. The van der Waals surface area contributed by atoms with Crippen molar-refractivity contribution in [2.24, 2.45) is 0 Å². The zero-order valence-electron chi connectivity index (χ0n) is 37.9. The Balaban J connectivity index is 1.08. The van der Waals surface area contributed by atoms with Crippen molar-refractivity contribution in [2.45, 2.75) is 0 Å². The molecule has 0 fully saturated rings. The molecule has 1 nitrogen and oxygen atoms in total. The molecule has 0 aliphatic rings. The number of hydrogen-bond acceptors (Lipinski definition) is 1. The molecule has 0 bridgehead atoms.